The van der Waals surface area contributed by atoms with Gasteiger partial charge in [-0.25, -0.2) is 0 Å². The van der Waals surface area contributed by atoms with Gasteiger partial charge in [-0.3, -0.25) is 0 Å². The maximum absolute atomic E-state index is 6.56. The van der Waals surface area contributed by atoms with Crippen LogP contribution in [0.5, 0.6) is 11.5 Å². The second kappa shape index (κ2) is 6.36. The molecule has 2 heteroatoms. The Balaban J connectivity index is 1.33. The van der Waals surface area contributed by atoms with Crippen LogP contribution in [-0.2, 0) is 6.42 Å². The van der Waals surface area contributed by atoms with E-state index in [9.17, 15) is 0 Å². The lowest BCUT2D eigenvalue weighted by Crippen LogP contribution is -2.14. The summed E-state index contributed by atoms with van der Waals surface area (Å²) in [6.07, 6.45) is 2.31. The van der Waals surface area contributed by atoms with Gasteiger partial charge in [-0.05, 0) is 75.5 Å². The molecule has 2 atom stereocenters. The zero-order valence-electron chi connectivity index (χ0n) is 18.4. The number of hydrogen-bond donors (Lipinski definition) is 0. The highest BCUT2D eigenvalue weighted by Gasteiger charge is 2.30. The summed E-state index contributed by atoms with van der Waals surface area (Å²) in [5.74, 6) is 3.10. The van der Waals surface area contributed by atoms with Crippen molar-refractivity contribution in [1.29, 1.82) is 0 Å². The van der Waals surface area contributed by atoms with Crippen molar-refractivity contribution in [1.82, 2.24) is 0 Å². The first-order valence-corrected chi connectivity index (χ1v) is 12.7. The molecule has 0 fully saturated rings. The molecule has 0 saturated carbocycles. The van der Waals surface area contributed by atoms with Crippen LogP contribution in [0.25, 0.3) is 42.4 Å². The van der Waals surface area contributed by atoms with E-state index in [2.05, 4.69) is 85.8 Å². The minimum absolute atomic E-state index is 0.522. The zero-order chi connectivity index (χ0) is 21.7. The Morgan fingerprint density at radius 1 is 0.758 bits per heavy atom. The smallest absolute Gasteiger partial charge is 0.136 e. The van der Waals surface area contributed by atoms with Gasteiger partial charge >= 0.3 is 0 Å². The molecule has 1 nitrogen and oxygen atoms in total. The molecule has 2 aliphatic rings. The summed E-state index contributed by atoms with van der Waals surface area (Å²) in [4.78, 5) is 1.57. The Hall–Kier alpha value is -3.36. The summed E-state index contributed by atoms with van der Waals surface area (Å²) in [5.41, 5.74) is 3.01. The molecule has 1 aliphatic carbocycles. The van der Waals surface area contributed by atoms with E-state index in [1.165, 1.54) is 54.4 Å². The molecule has 0 bridgehead atoms. The van der Waals surface area contributed by atoms with Crippen molar-refractivity contribution < 1.29 is 4.74 Å². The third-order valence-electron chi connectivity index (χ3n) is 7.85. The Kier molecular flexibility index (Phi) is 3.49. The fourth-order valence-electron chi connectivity index (χ4n) is 6.44. The highest BCUT2D eigenvalue weighted by atomic mass is 32.1. The molecule has 1 aliphatic heterocycles. The molecule has 158 valence electrons. The Morgan fingerprint density at radius 3 is 2.45 bits per heavy atom. The van der Waals surface area contributed by atoms with Crippen LogP contribution in [-0.4, -0.2) is 0 Å². The maximum atomic E-state index is 6.56. The Labute approximate surface area is 196 Å². The van der Waals surface area contributed by atoms with Crippen LogP contribution in [0.1, 0.15) is 41.2 Å². The molecule has 6 aromatic rings. The average molecular weight is 443 g/mol. The van der Waals surface area contributed by atoms with Gasteiger partial charge in [-0.2, -0.15) is 0 Å². The maximum Gasteiger partial charge on any atom is 0.136 e. The van der Waals surface area contributed by atoms with E-state index >= 15 is 0 Å². The summed E-state index contributed by atoms with van der Waals surface area (Å²) >= 11 is 1.99. The van der Waals surface area contributed by atoms with E-state index in [1.807, 2.05) is 11.3 Å². The molecule has 0 saturated heterocycles. The molecule has 0 N–H and O–H groups in total. The topological polar surface area (TPSA) is 9.23 Å². The molecular formula is C31H22OS. The third-order valence-corrected chi connectivity index (χ3v) is 9.06. The summed E-state index contributed by atoms with van der Waals surface area (Å²) in [5, 5.41) is 9.17. The van der Waals surface area contributed by atoms with Gasteiger partial charge in [0.2, 0.25) is 0 Å². The van der Waals surface area contributed by atoms with E-state index in [0.29, 0.717) is 11.8 Å². The second-order valence-corrected chi connectivity index (χ2v) is 10.9. The fourth-order valence-corrected chi connectivity index (χ4v) is 7.85. The number of rotatable bonds is 1. The normalized spacial score (nSPS) is 19.1. The number of benzene rings is 5. The number of thiophene rings is 1. The minimum atomic E-state index is 0.522. The summed E-state index contributed by atoms with van der Waals surface area (Å²) in [6, 6.07) is 29.1. The van der Waals surface area contributed by atoms with Crippen molar-refractivity contribution in [3.63, 3.8) is 0 Å². The lowest BCUT2D eigenvalue weighted by molar-refractivity contribution is 0.487. The van der Waals surface area contributed by atoms with Crippen molar-refractivity contribution in [3.8, 4) is 11.5 Å². The van der Waals surface area contributed by atoms with Crippen LogP contribution < -0.4 is 4.74 Å². The Bertz CT molecular complexity index is 1770. The lowest BCUT2D eigenvalue weighted by Gasteiger charge is -2.29. The van der Waals surface area contributed by atoms with Gasteiger partial charge in [-0.15, -0.1) is 11.3 Å². The first-order chi connectivity index (χ1) is 16.2. The summed E-state index contributed by atoms with van der Waals surface area (Å²) in [7, 11) is 0. The first kappa shape index (κ1) is 18.1. The van der Waals surface area contributed by atoms with Crippen molar-refractivity contribution in [3.05, 3.63) is 94.9 Å². The van der Waals surface area contributed by atoms with Crippen molar-refractivity contribution in [2.45, 2.75) is 31.6 Å². The molecule has 8 rings (SSSR count). The van der Waals surface area contributed by atoms with Gasteiger partial charge in [0.15, 0.2) is 0 Å². The molecule has 2 unspecified atom stereocenters. The van der Waals surface area contributed by atoms with Gasteiger partial charge in [0.25, 0.3) is 0 Å². The number of fused-ring (bicyclic) bond motifs is 3. The van der Waals surface area contributed by atoms with Crippen molar-refractivity contribution in [2.24, 2.45) is 0 Å². The molecule has 2 heterocycles. The second-order valence-electron chi connectivity index (χ2n) is 9.78. The van der Waals surface area contributed by atoms with Crippen LogP contribution >= 0.6 is 11.3 Å². The van der Waals surface area contributed by atoms with E-state index in [4.69, 9.17) is 4.74 Å². The van der Waals surface area contributed by atoms with E-state index in [1.54, 1.807) is 10.4 Å². The quantitative estimate of drug-likeness (QED) is 0.230. The average Bonchev–Trinajstić information content (AvgIpc) is 3.22. The molecule has 1 aromatic heterocycles. The van der Waals surface area contributed by atoms with Gasteiger partial charge in [0.05, 0.1) is 0 Å². The Morgan fingerprint density at radius 2 is 1.55 bits per heavy atom. The van der Waals surface area contributed by atoms with Gasteiger partial charge < -0.3 is 4.74 Å². The molecule has 5 aromatic carbocycles. The number of ether oxygens (including phenoxy) is 1. The molecule has 0 amide bonds. The zero-order valence-corrected chi connectivity index (χ0v) is 19.2. The molecular weight excluding hydrogens is 420 g/mol. The monoisotopic (exact) mass is 442 g/mol. The van der Waals surface area contributed by atoms with Crippen LogP contribution in [0.15, 0.2) is 78.9 Å². The van der Waals surface area contributed by atoms with Crippen molar-refractivity contribution >= 4 is 53.7 Å². The summed E-state index contributed by atoms with van der Waals surface area (Å²) < 4.78 is 7.99. The predicted octanol–water partition coefficient (Wildman–Crippen LogP) is 9.30. The van der Waals surface area contributed by atoms with Crippen LogP contribution in [0.2, 0.25) is 0 Å². The van der Waals surface area contributed by atoms with Crippen LogP contribution in [0.3, 0.4) is 0 Å². The standard InChI is InChI=1S/C31H22OS/c1-17-13-21(16-27-28(17)23-6-2-3-8-26(23)33-27)22-14-20-12-11-19-10-9-18-5-4-7-24-29(18)31(19)30(20)25(15-22)32-24/h2-12,14-15,17,21H,13,16H2,1H3. The van der Waals surface area contributed by atoms with Crippen LogP contribution in [0, 0.1) is 0 Å². The largest absolute Gasteiger partial charge is 0.456 e. The highest BCUT2D eigenvalue weighted by molar-refractivity contribution is 7.19. The molecule has 33 heavy (non-hydrogen) atoms. The van der Waals surface area contributed by atoms with E-state index in [0.717, 1.165) is 17.9 Å². The van der Waals surface area contributed by atoms with E-state index < -0.39 is 0 Å². The number of hydrogen-bond acceptors (Lipinski definition) is 2. The van der Waals surface area contributed by atoms with Crippen LogP contribution in [0.4, 0.5) is 0 Å². The van der Waals surface area contributed by atoms with E-state index in [-0.39, 0.29) is 0 Å². The van der Waals surface area contributed by atoms with Gasteiger partial charge in [0.1, 0.15) is 11.5 Å². The lowest BCUT2D eigenvalue weighted by atomic mass is 9.77. The molecule has 0 spiro atoms. The highest BCUT2D eigenvalue weighted by Crippen LogP contribution is 2.51. The SMILES string of the molecule is CC1CC(c2cc3c4c(ccc5ccc6cccc(c6c54)O3)c2)Cc2sc3ccccc3c21. The minimum Gasteiger partial charge on any atom is -0.456 e. The first-order valence-electron chi connectivity index (χ1n) is 11.8. The third kappa shape index (κ3) is 2.42. The summed E-state index contributed by atoms with van der Waals surface area (Å²) in [6.45, 7) is 2.41. The fraction of sp³-hybridized carbons (Fsp3) is 0.161. The van der Waals surface area contributed by atoms with Gasteiger partial charge in [0, 0.05) is 25.7 Å². The van der Waals surface area contributed by atoms with Gasteiger partial charge in [-0.1, -0.05) is 67.6 Å². The molecule has 0 radical (unpaired) electrons. The van der Waals surface area contributed by atoms with Crippen molar-refractivity contribution in [2.75, 3.05) is 0 Å². The predicted molar refractivity (Wildman–Crippen MR) is 140 cm³/mol.